The van der Waals surface area contributed by atoms with Gasteiger partial charge in [-0.05, 0) is 33.1 Å². The molecule has 2 amide bonds. The Morgan fingerprint density at radius 1 is 1.62 bits per heavy atom. The molecule has 0 N–H and O–H groups in total. The fraction of sp³-hybridized carbons (Fsp3) is 0.667. The molecule has 0 bridgehead atoms. The normalized spacial score (nSPS) is 21.1. The van der Waals surface area contributed by atoms with Gasteiger partial charge in [0.25, 0.3) is 0 Å². The first-order valence-corrected chi connectivity index (χ1v) is 5.47. The van der Waals surface area contributed by atoms with E-state index in [9.17, 15) is 9.59 Å². The minimum atomic E-state index is -0.562. The summed E-state index contributed by atoms with van der Waals surface area (Å²) in [6, 6.07) is 0. The monoisotopic (exact) mass is 225 g/mol. The molecule has 0 aromatic rings. The third-order valence-electron chi connectivity index (χ3n) is 2.32. The predicted octanol–water partition coefficient (Wildman–Crippen LogP) is 2.35. The van der Waals surface area contributed by atoms with Gasteiger partial charge < -0.3 is 4.74 Å². The van der Waals surface area contributed by atoms with Crippen LogP contribution in [0.5, 0.6) is 0 Å². The summed E-state index contributed by atoms with van der Waals surface area (Å²) in [5, 5.41) is 0. The lowest BCUT2D eigenvalue weighted by Gasteiger charge is -2.23. The van der Waals surface area contributed by atoms with Gasteiger partial charge in [-0.1, -0.05) is 6.08 Å². The van der Waals surface area contributed by atoms with E-state index in [1.807, 2.05) is 0 Å². The van der Waals surface area contributed by atoms with Gasteiger partial charge in [0.15, 0.2) is 0 Å². The van der Waals surface area contributed by atoms with Gasteiger partial charge in [0, 0.05) is 13.0 Å². The summed E-state index contributed by atoms with van der Waals surface area (Å²) in [6.45, 7) is 9.43. The molecule has 90 valence electrons. The smallest absolute Gasteiger partial charge is 0.417 e. The van der Waals surface area contributed by atoms with Crippen LogP contribution in [0.4, 0.5) is 4.79 Å². The zero-order valence-electron chi connectivity index (χ0n) is 10.2. The second-order valence-electron chi connectivity index (χ2n) is 5.08. The molecule has 16 heavy (non-hydrogen) atoms. The van der Waals surface area contributed by atoms with Crippen LogP contribution in [0.1, 0.15) is 33.6 Å². The molecule has 1 fully saturated rings. The number of amides is 2. The quantitative estimate of drug-likeness (QED) is 0.678. The third kappa shape index (κ3) is 3.36. The Hall–Kier alpha value is -1.32. The van der Waals surface area contributed by atoms with E-state index >= 15 is 0 Å². The van der Waals surface area contributed by atoms with Crippen LogP contribution in [0, 0.1) is 5.92 Å². The summed E-state index contributed by atoms with van der Waals surface area (Å²) in [6.07, 6.45) is 2.40. The number of hydrogen-bond donors (Lipinski definition) is 0. The van der Waals surface area contributed by atoms with Crippen LogP contribution < -0.4 is 0 Å². The molecule has 1 rings (SSSR count). The van der Waals surface area contributed by atoms with Crippen LogP contribution in [0.3, 0.4) is 0 Å². The van der Waals surface area contributed by atoms with Gasteiger partial charge in [-0.25, -0.2) is 9.69 Å². The lowest BCUT2D eigenvalue weighted by atomic mass is 10.1. The molecule has 1 saturated heterocycles. The largest absolute Gasteiger partial charge is 0.443 e. The molecule has 1 aliphatic rings. The van der Waals surface area contributed by atoms with Crippen molar-refractivity contribution in [3.8, 4) is 0 Å². The van der Waals surface area contributed by atoms with Gasteiger partial charge in [-0.15, -0.1) is 6.58 Å². The van der Waals surface area contributed by atoms with Crippen LogP contribution >= 0.6 is 0 Å². The number of nitrogens with zero attached hydrogens (tertiary/aromatic N) is 1. The van der Waals surface area contributed by atoms with Crippen LogP contribution in [0.2, 0.25) is 0 Å². The molecule has 1 heterocycles. The average molecular weight is 225 g/mol. The molecule has 0 spiro atoms. The second kappa shape index (κ2) is 4.68. The molecule has 4 nitrogen and oxygen atoms in total. The summed E-state index contributed by atoms with van der Waals surface area (Å²) >= 11 is 0. The van der Waals surface area contributed by atoms with Gasteiger partial charge in [0.1, 0.15) is 5.60 Å². The highest BCUT2D eigenvalue weighted by Gasteiger charge is 2.35. The SMILES string of the molecule is C=CC[C@H]1CC(=O)N(C(=O)OC(C)(C)C)C1. The second-order valence-corrected chi connectivity index (χ2v) is 5.08. The number of imide groups is 1. The summed E-state index contributed by atoms with van der Waals surface area (Å²) < 4.78 is 5.16. The summed E-state index contributed by atoms with van der Waals surface area (Å²) in [7, 11) is 0. The van der Waals surface area contributed by atoms with Crippen molar-refractivity contribution in [2.24, 2.45) is 5.92 Å². The van der Waals surface area contributed by atoms with Crippen molar-refractivity contribution in [2.75, 3.05) is 6.54 Å². The van der Waals surface area contributed by atoms with E-state index in [0.717, 1.165) is 6.42 Å². The molecule has 0 radical (unpaired) electrons. The topological polar surface area (TPSA) is 46.6 Å². The van der Waals surface area contributed by atoms with Crippen LogP contribution in [0.15, 0.2) is 12.7 Å². The number of hydrogen-bond acceptors (Lipinski definition) is 3. The molecule has 0 aromatic carbocycles. The fourth-order valence-corrected chi connectivity index (χ4v) is 1.67. The summed E-state index contributed by atoms with van der Waals surface area (Å²) in [4.78, 5) is 24.4. The first-order valence-electron chi connectivity index (χ1n) is 5.47. The predicted molar refractivity (Wildman–Crippen MR) is 60.9 cm³/mol. The molecule has 4 heteroatoms. The molecule has 1 aliphatic heterocycles. The maximum atomic E-state index is 11.7. The minimum Gasteiger partial charge on any atom is -0.443 e. The Bertz CT molecular complexity index is 304. The molecule has 0 unspecified atom stereocenters. The maximum absolute atomic E-state index is 11.7. The van der Waals surface area contributed by atoms with Gasteiger partial charge in [0.05, 0.1) is 0 Å². The van der Waals surface area contributed by atoms with Crippen molar-refractivity contribution in [1.29, 1.82) is 0 Å². The summed E-state index contributed by atoms with van der Waals surface area (Å²) in [5.74, 6) is 0.0404. The van der Waals surface area contributed by atoms with Crippen LogP contribution in [-0.4, -0.2) is 29.0 Å². The number of ether oxygens (including phenoxy) is 1. The van der Waals surface area contributed by atoms with E-state index in [4.69, 9.17) is 4.74 Å². The highest BCUT2D eigenvalue weighted by atomic mass is 16.6. The van der Waals surface area contributed by atoms with E-state index < -0.39 is 11.7 Å². The standard InChI is InChI=1S/C12H19NO3/c1-5-6-9-7-10(14)13(8-9)11(15)16-12(2,3)4/h5,9H,1,6-8H2,2-4H3/t9-/m0/s1. The zero-order chi connectivity index (χ0) is 12.3. The van der Waals surface area contributed by atoms with E-state index in [1.54, 1.807) is 26.8 Å². The van der Waals surface area contributed by atoms with Crippen molar-refractivity contribution in [3.05, 3.63) is 12.7 Å². The number of carbonyl (C=O) groups is 2. The Labute approximate surface area is 96.3 Å². The third-order valence-corrected chi connectivity index (χ3v) is 2.32. The maximum Gasteiger partial charge on any atom is 0.417 e. The lowest BCUT2D eigenvalue weighted by Crippen LogP contribution is -2.37. The Morgan fingerprint density at radius 2 is 2.25 bits per heavy atom. The highest BCUT2D eigenvalue weighted by molar-refractivity contribution is 5.93. The van der Waals surface area contributed by atoms with E-state index in [-0.39, 0.29) is 11.8 Å². The zero-order valence-corrected chi connectivity index (χ0v) is 10.2. The van der Waals surface area contributed by atoms with Crippen LogP contribution in [0.25, 0.3) is 0 Å². The molecule has 0 aliphatic carbocycles. The van der Waals surface area contributed by atoms with Gasteiger partial charge in [-0.3, -0.25) is 4.79 Å². The van der Waals surface area contributed by atoms with E-state index in [2.05, 4.69) is 6.58 Å². The van der Waals surface area contributed by atoms with Crippen molar-refractivity contribution >= 4 is 12.0 Å². The Kier molecular flexibility index (Phi) is 3.73. The van der Waals surface area contributed by atoms with Crippen LogP contribution in [-0.2, 0) is 9.53 Å². The molecule has 0 saturated carbocycles. The minimum absolute atomic E-state index is 0.152. The highest BCUT2D eigenvalue weighted by Crippen LogP contribution is 2.23. The molecular formula is C12H19NO3. The van der Waals surface area contributed by atoms with Gasteiger partial charge in [-0.2, -0.15) is 0 Å². The van der Waals surface area contributed by atoms with Gasteiger partial charge in [0.2, 0.25) is 5.91 Å². The number of rotatable bonds is 2. The Morgan fingerprint density at radius 3 is 2.75 bits per heavy atom. The average Bonchev–Trinajstić information content (AvgIpc) is 2.44. The molecule has 0 aromatic heterocycles. The molecule has 1 atom stereocenters. The van der Waals surface area contributed by atoms with Crippen molar-refractivity contribution in [1.82, 2.24) is 4.90 Å². The first-order chi connectivity index (χ1) is 7.33. The van der Waals surface area contributed by atoms with Crippen molar-refractivity contribution in [2.45, 2.75) is 39.2 Å². The van der Waals surface area contributed by atoms with Crippen molar-refractivity contribution < 1.29 is 14.3 Å². The Balaban J connectivity index is 2.58. The van der Waals surface area contributed by atoms with E-state index in [1.165, 1.54) is 4.90 Å². The van der Waals surface area contributed by atoms with Crippen molar-refractivity contribution in [3.63, 3.8) is 0 Å². The molecular weight excluding hydrogens is 206 g/mol. The first kappa shape index (κ1) is 12.7. The van der Waals surface area contributed by atoms with E-state index in [0.29, 0.717) is 13.0 Å². The fourth-order valence-electron chi connectivity index (χ4n) is 1.67. The number of carbonyl (C=O) groups excluding carboxylic acids is 2. The number of allylic oxidation sites excluding steroid dienone is 1. The lowest BCUT2D eigenvalue weighted by molar-refractivity contribution is -0.127. The summed E-state index contributed by atoms with van der Waals surface area (Å²) in [5.41, 5.74) is -0.562. The van der Waals surface area contributed by atoms with Gasteiger partial charge >= 0.3 is 6.09 Å². The number of likely N-dealkylation sites (tertiary alicyclic amines) is 1.